The van der Waals surface area contributed by atoms with Crippen molar-refractivity contribution in [3.05, 3.63) is 36.0 Å². The maximum absolute atomic E-state index is 13.6. The Bertz CT molecular complexity index is 617. The molecule has 0 atom stereocenters. The standard InChI is InChI=1S/C13H12FN3O2/c14-13(5-6-13)8-17-7-11(15-16-17)9-1-3-10(4-2-9)12(18)19/h1-4,7H,5-6,8H2,(H,18,19). The van der Waals surface area contributed by atoms with Crippen molar-refractivity contribution in [1.29, 1.82) is 0 Å². The van der Waals surface area contributed by atoms with E-state index in [0.29, 0.717) is 18.5 Å². The van der Waals surface area contributed by atoms with E-state index in [1.807, 2.05) is 0 Å². The molecule has 1 N–H and O–H groups in total. The largest absolute Gasteiger partial charge is 0.478 e. The molecule has 0 amide bonds. The number of hydrogen-bond donors (Lipinski definition) is 1. The van der Waals surface area contributed by atoms with E-state index in [1.54, 1.807) is 18.3 Å². The van der Waals surface area contributed by atoms with E-state index in [2.05, 4.69) is 10.3 Å². The molecule has 0 aliphatic heterocycles. The topological polar surface area (TPSA) is 68.0 Å². The van der Waals surface area contributed by atoms with Crippen molar-refractivity contribution in [3.8, 4) is 11.3 Å². The highest BCUT2D eigenvalue weighted by molar-refractivity contribution is 5.88. The minimum atomic E-state index is -1.11. The van der Waals surface area contributed by atoms with E-state index in [-0.39, 0.29) is 12.1 Å². The van der Waals surface area contributed by atoms with Crippen molar-refractivity contribution in [2.75, 3.05) is 0 Å². The summed E-state index contributed by atoms with van der Waals surface area (Å²) in [7, 11) is 0. The Labute approximate surface area is 108 Å². The maximum Gasteiger partial charge on any atom is 0.335 e. The predicted molar refractivity (Wildman–Crippen MR) is 65.5 cm³/mol. The summed E-state index contributed by atoms with van der Waals surface area (Å²) in [6.45, 7) is 0.229. The first-order valence-corrected chi connectivity index (χ1v) is 5.99. The number of nitrogens with zero attached hydrogens (tertiary/aromatic N) is 3. The number of aromatic carboxylic acids is 1. The summed E-state index contributed by atoms with van der Waals surface area (Å²) in [6, 6.07) is 6.35. The zero-order valence-corrected chi connectivity index (χ0v) is 10.1. The average Bonchev–Trinajstić information content (AvgIpc) is 2.93. The van der Waals surface area contributed by atoms with Crippen LogP contribution >= 0.6 is 0 Å². The van der Waals surface area contributed by atoms with Gasteiger partial charge in [0.1, 0.15) is 11.4 Å². The molecule has 98 valence electrons. The Balaban J connectivity index is 1.80. The van der Waals surface area contributed by atoms with Gasteiger partial charge in [-0.15, -0.1) is 5.10 Å². The quantitative estimate of drug-likeness (QED) is 0.915. The molecule has 1 saturated carbocycles. The summed E-state index contributed by atoms with van der Waals surface area (Å²) in [5.74, 6) is -0.969. The van der Waals surface area contributed by atoms with Crippen LogP contribution in [0.2, 0.25) is 0 Å². The lowest BCUT2D eigenvalue weighted by atomic mass is 10.1. The zero-order valence-electron chi connectivity index (χ0n) is 10.1. The summed E-state index contributed by atoms with van der Waals surface area (Å²) in [6.07, 6.45) is 2.83. The summed E-state index contributed by atoms with van der Waals surface area (Å²) in [4.78, 5) is 10.7. The maximum atomic E-state index is 13.6. The summed E-state index contributed by atoms with van der Waals surface area (Å²) >= 11 is 0. The first kappa shape index (κ1) is 11.8. The molecule has 3 rings (SSSR count). The third-order valence-corrected chi connectivity index (χ3v) is 3.20. The van der Waals surface area contributed by atoms with Crippen LogP contribution in [0.3, 0.4) is 0 Å². The van der Waals surface area contributed by atoms with E-state index >= 15 is 0 Å². The average molecular weight is 261 g/mol. The van der Waals surface area contributed by atoms with E-state index < -0.39 is 11.6 Å². The molecule has 0 saturated heterocycles. The Morgan fingerprint density at radius 1 is 1.37 bits per heavy atom. The molecule has 1 aliphatic rings. The van der Waals surface area contributed by atoms with Crippen molar-refractivity contribution < 1.29 is 14.3 Å². The van der Waals surface area contributed by atoms with Crippen molar-refractivity contribution in [1.82, 2.24) is 15.0 Å². The highest BCUT2D eigenvalue weighted by Crippen LogP contribution is 2.41. The summed E-state index contributed by atoms with van der Waals surface area (Å²) in [5, 5.41) is 16.7. The van der Waals surface area contributed by atoms with Gasteiger partial charge in [0, 0.05) is 5.56 Å². The van der Waals surface area contributed by atoms with Gasteiger partial charge >= 0.3 is 5.97 Å². The lowest BCUT2D eigenvalue weighted by Gasteiger charge is -2.02. The minimum Gasteiger partial charge on any atom is -0.478 e. The van der Waals surface area contributed by atoms with Crippen LogP contribution in [0, 0.1) is 0 Å². The van der Waals surface area contributed by atoms with Gasteiger partial charge < -0.3 is 5.11 Å². The first-order chi connectivity index (χ1) is 9.06. The zero-order chi connectivity index (χ0) is 13.5. The van der Waals surface area contributed by atoms with E-state index in [0.717, 1.165) is 5.56 Å². The van der Waals surface area contributed by atoms with Crippen LogP contribution in [-0.4, -0.2) is 31.7 Å². The van der Waals surface area contributed by atoms with Gasteiger partial charge in [-0.3, -0.25) is 0 Å². The van der Waals surface area contributed by atoms with Gasteiger partial charge in [0.05, 0.1) is 18.3 Å². The fourth-order valence-electron chi connectivity index (χ4n) is 1.88. The second-order valence-corrected chi connectivity index (χ2v) is 4.83. The monoisotopic (exact) mass is 261 g/mol. The molecule has 1 aromatic carbocycles. The Kier molecular flexibility index (Phi) is 2.58. The minimum absolute atomic E-state index is 0.219. The molecule has 6 heteroatoms. The summed E-state index contributed by atoms with van der Waals surface area (Å²) < 4.78 is 15.1. The fourth-order valence-corrected chi connectivity index (χ4v) is 1.88. The molecule has 1 heterocycles. The highest BCUT2D eigenvalue weighted by atomic mass is 19.1. The number of rotatable bonds is 4. The Morgan fingerprint density at radius 2 is 2.05 bits per heavy atom. The Hall–Kier alpha value is -2.24. The SMILES string of the molecule is O=C(O)c1ccc(-c2cn(CC3(F)CC3)nn2)cc1. The molecule has 1 fully saturated rings. The van der Waals surface area contributed by atoms with Crippen LogP contribution in [0.4, 0.5) is 4.39 Å². The predicted octanol–water partition coefficient (Wildman–Crippen LogP) is 2.15. The second-order valence-electron chi connectivity index (χ2n) is 4.83. The van der Waals surface area contributed by atoms with Crippen LogP contribution in [-0.2, 0) is 6.54 Å². The molecule has 19 heavy (non-hydrogen) atoms. The molecule has 0 unspecified atom stereocenters. The van der Waals surface area contributed by atoms with Crippen molar-refractivity contribution in [2.45, 2.75) is 25.1 Å². The van der Waals surface area contributed by atoms with Crippen molar-refractivity contribution in [2.24, 2.45) is 0 Å². The number of aromatic nitrogens is 3. The van der Waals surface area contributed by atoms with Gasteiger partial charge in [-0.1, -0.05) is 17.3 Å². The van der Waals surface area contributed by atoms with Crippen LogP contribution in [0.25, 0.3) is 11.3 Å². The lowest BCUT2D eigenvalue weighted by Crippen LogP contribution is -2.12. The number of hydrogen-bond acceptors (Lipinski definition) is 3. The van der Waals surface area contributed by atoms with Gasteiger partial charge in [0.15, 0.2) is 0 Å². The fraction of sp³-hybridized carbons (Fsp3) is 0.308. The Morgan fingerprint density at radius 3 is 2.63 bits per heavy atom. The number of carboxylic acid groups (broad SMARTS) is 1. The van der Waals surface area contributed by atoms with Gasteiger partial charge in [-0.2, -0.15) is 0 Å². The van der Waals surface area contributed by atoms with Crippen molar-refractivity contribution in [3.63, 3.8) is 0 Å². The molecular weight excluding hydrogens is 249 g/mol. The third-order valence-electron chi connectivity index (χ3n) is 3.20. The number of halogens is 1. The number of benzene rings is 1. The van der Waals surface area contributed by atoms with Gasteiger partial charge in [0.25, 0.3) is 0 Å². The molecule has 0 bridgehead atoms. The normalized spacial score (nSPS) is 16.3. The smallest absolute Gasteiger partial charge is 0.335 e. The lowest BCUT2D eigenvalue weighted by molar-refractivity contribution is 0.0697. The number of carbonyl (C=O) groups is 1. The second kappa shape index (κ2) is 4.15. The summed E-state index contributed by atoms with van der Waals surface area (Å²) in [5.41, 5.74) is 0.482. The van der Waals surface area contributed by atoms with E-state index in [4.69, 9.17) is 5.11 Å². The molecule has 0 spiro atoms. The molecule has 5 nitrogen and oxygen atoms in total. The number of alkyl halides is 1. The van der Waals surface area contributed by atoms with E-state index in [1.165, 1.54) is 16.8 Å². The molecule has 1 aliphatic carbocycles. The van der Waals surface area contributed by atoms with Gasteiger partial charge in [0.2, 0.25) is 0 Å². The molecule has 0 radical (unpaired) electrons. The van der Waals surface area contributed by atoms with Crippen LogP contribution < -0.4 is 0 Å². The van der Waals surface area contributed by atoms with Crippen LogP contribution in [0.5, 0.6) is 0 Å². The van der Waals surface area contributed by atoms with E-state index in [9.17, 15) is 9.18 Å². The van der Waals surface area contributed by atoms with Crippen LogP contribution in [0.15, 0.2) is 30.5 Å². The third kappa shape index (κ3) is 2.47. The first-order valence-electron chi connectivity index (χ1n) is 5.99. The molecular formula is C13H12FN3O2. The molecule has 2 aromatic rings. The van der Waals surface area contributed by atoms with Crippen molar-refractivity contribution >= 4 is 5.97 Å². The molecule has 1 aromatic heterocycles. The number of carboxylic acids is 1. The van der Waals surface area contributed by atoms with Crippen LogP contribution in [0.1, 0.15) is 23.2 Å². The highest BCUT2D eigenvalue weighted by Gasteiger charge is 2.43. The van der Waals surface area contributed by atoms with Gasteiger partial charge in [-0.25, -0.2) is 13.9 Å². The van der Waals surface area contributed by atoms with Gasteiger partial charge in [-0.05, 0) is 25.0 Å².